The predicted octanol–water partition coefficient (Wildman–Crippen LogP) is 5.54. The second-order valence-electron chi connectivity index (χ2n) is 6.82. The lowest BCUT2D eigenvalue weighted by atomic mass is 10.1. The van der Waals surface area contributed by atoms with Crippen LogP contribution in [-0.2, 0) is 0 Å². The van der Waals surface area contributed by atoms with Gasteiger partial charge in [0, 0.05) is 11.1 Å². The highest BCUT2D eigenvalue weighted by Gasteiger charge is 2.13. The third kappa shape index (κ3) is 4.52. The molecule has 0 saturated heterocycles. The lowest BCUT2D eigenvalue weighted by Crippen LogP contribution is -2.11. The van der Waals surface area contributed by atoms with Gasteiger partial charge in [0.15, 0.2) is 0 Å². The molecule has 0 unspecified atom stereocenters. The Labute approximate surface area is 172 Å². The van der Waals surface area contributed by atoms with Gasteiger partial charge in [-0.1, -0.05) is 11.2 Å². The number of benzene rings is 3. The maximum Gasteiger partial charge on any atom is 0.322 e. The standard InChI is InChI=1S/C23H18FN3O3/c1-14-11-15(2)13-20(12-14)29-19-9-5-16(6-10-19)21(28)25-23-27-26-22(30-23)17-3-7-18(24)8-4-17/h3-13H,1-2H3,(H,25,27,28). The van der Waals surface area contributed by atoms with Crippen molar-refractivity contribution in [2.75, 3.05) is 5.32 Å². The minimum absolute atomic E-state index is 0.0464. The highest BCUT2D eigenvalue weighted by atomic mass is 19.1. The topological polar surface area (TPSA) is 77.2 Å². The number of carbonyl (C=O) groups is 1. The number of hydrogen-bond donors (Lipinski definition) is 1. The molecule has 3 aromatic carbocycles. The van der Waals surface area contributed by atoms with E-state index in [0.29, 0.717) is 16.9 Å². The summed E-state index contributed by atoms with van der Waals surface area (Å²) < 4.78 is 24.3. The van der Waals surface area contributed by atoms with Gasteiger partial charge in [-0.25, -0.2) is 4.39 Å². The zero-order valence-electron chi connectivity index (χ0n) is 16.3. The average Bonchev–Trinajstić information content (AvgIpc) is 3.16. The largest absolute Gasteiger partial charge is 0.457 e. The normalized spacial score (nSPS) is 10.6. The molecule has 4 rings (SSSR count). The summed E-state index contributed by atoms with van der Waals surface area (Å²) in [4.78, 5) is 12.4. The summed E-state index contributed by atoms with van der Waals surface area (Å²) in [6.45, 7) is 4.01. The molecule has 0 fully saturated rings. The van der Waals surface area contributed by atoms with Gasteiger partial charge in [0.05, 0.1) is 0 Å². The molecule has 150 valence electrons. The summed E-state index contributed by atoms with van der Waals surface area (Å²) in [6, 6.07) is 18.2. The van der Waals surface area contributed by atoms with Crippen LogP contribution in [0.25, 0.3) is 11.5 Å². The second kappa shape index (κ2) is 8.16. The fourth-order valence-corrected chi connectivity index (χ4v) is 2.95. The number of nitrogens with one attached hydrogen (secondary N) is 1. The smallest absolute Gasteiger partial charge is 0.322 e. The van der Waals surface area contributed by atoms with Gasteiger partial charge in [-0.05, 0) is 85.6 Å². The van der Waals surface area contributed by atoms with Crippen LogP contribution in [-0.4, -0.2) is 16.1 Å². The van der Waals surface area contributed by atoms with E-state index in [0.717, 1.165) is 16.9 Å². The van der Waals surface area contributed by atoms with Crippen LogP contribution in [0.3, 0.4) is 0 Å². The number of rotatable bonds is 5. The summed E-state index contributed by atoms with van der Waals surface area (Å²) in [5.41, 5.74) is 3.18. The van der Waals surface area contributed by atoms with Gasteiger partial charge in [0.25, 0.3) is 5.91 Å². The Morgan fingerprint density at radius 3 is 2.23 bits per heavy atom. The molecule has 0 atom stereocenters. The maximum atomic E-state index is 13.0. The number of aryl methyl sites for hydroxylation is 2. The fraction of sp³-hybridized carbons (Fsp3) is 0.0870. The van der Waals surface area contributed by atoms with Crippen LogP contribution in [0.5, 0.6) is 11.5 Å². The van der Waals surface area contributed by atoms with Crippen molar-refractivity contribution in [2.24, 2.45) is 0 Å². The van der Waals surface area contributed by atoms with Gasteiger partial charge in [0.1, 0.15) is 17.3 Å². The molecule has 0 radical (unpaired) electrons. The van der Waals surface area contributed by atoms with Gasteiger partial charge in [-0.15, -0.1) is 5.10 Å². The van der Waals surface area contributed by atoms with Crippen LogP contribution in [0.4, 0.5) is 10.4 Å². The van der Waals surface area contributed by atoms with Crippen molar-refractivity contribution in [3.05, 3.63) is 89.2 Å². The molecule has 7 heteroatoms. The van der Waals surface area contributed by atoms with E-state index in [1.807, 2.05) is 26.0 Å². The number of nitrogens with zero attached hydrogens (tertiary/aromatic N) is 2. The zero-order chi connectivity index (χ0) is 21.1. The number of amides is 1. The van der Waals surface area contributed by atoms with E-state index in [9.17, 15) is 9.18 Å². The number of aromatic nitrogens is 2. The summed E-state index contributed by atoms with van der Waals surface area (Å²) >= 11 is 0. The minimum Gasteiger partial charge on any atom is -0.457 e. The molecule has 0 aliphatic heterocycles. The molecule has 1 amide bonds. The molecule has 0 aliphatic carbocycles. The fourth-order valence-electron chi connectivity index (χ4n) is 2.95. The zero-order valence-corrected chi connectivity index (χ0v) is 16.3. The number of carbonyl (C=O) groups excluding carboxylic acids is 1. The van der Waals surface area contributed by atoms with E-state index < -0.39 is 5.91 Å². The van der Waals surface area contributed by atoms with E-state index in [4.69, 9.17) is 9.15 Å². The third-order valence-corrected chi connectivity index (χ3v) is 4.28. The average molecular weight is 403 g/mol. The van der Waals surface area contributed by atoms with Crippen molar-refractivity contribution in [2.45, 2.75) is 13.8 Å². The molecule has 1 N–H and O–H groups in total. The summed E-state index contributed by atoms with van der Waals surface area (Å²) in [5.74, 6) is 0.776. The van der Waals surface area contributed by atoms with Crippen molar-refractivity contribution in [1.82, 2.24) is 10.2 Å². The Hall–Kier alpha value is -4.00. The Bertz CT molecular complexity index is 1170. The monoisotopic (exact) mass is 403 g/mol. The first-order chi connectivity index (χ1) is 14.5. The van der Waals surface area contributed by atoms with Crippen molar-refractivity contribution < 1.29 is 18.3 Å². The van der Waals surface area contributed by atoms with Crippen molar-refractivity contribution in [1.29, 1.82) is 0 Å². The Kier molecular flexibility index (Phi) is 5.26. The lowest BCUT2D eigenvalue weighted by Gasteiger charge is -2.08. The number of anilines is 1. The quantitative estimate of drug-likeness (QED) is 0.474. The lowest BCUT2D eigenvalue weighted by molar-refractivity contribution is 0.102. The van der Waals surface area contributed by atoms with E-state index in [-0.39, 0.29) is 17.7 Å². The highest BCUT2D eigenvalue weighted by molar-refractivity contribution is 6.03. The molecule has 0 bridgehead atoms. The highest BCUT2D eigenvalue weighted by Crippen LogP contribution is 2.25. The van der Waals surface area contributed by atoms with Gasteiger partial charge >= 0.3 is 6.01 Å². The molecule has 1 heterocycles. The number of halogens is 1. The first kappa shape index (κ1) is 19.3. The van der Waals surface area contributed by atoms with E-state index in [1.165, 1.54) is 24.3 Å². The van der Waals surface area contributed by atoms with E-state index in [2.05, 4.69) is 21.6 Å². The van der Waals surface area contributed by atoms with Crippen LogP contribution in [0.15, 0.2) is 71.1 Å². The van der Waals surface area contributed by atoms with Crippen LogP contribution in [0, 0.1) is 19.7 Å². The Morgan fingerprint density at radius 2 is 1.57 bits per heavy atom. The molecular formula is C23H18FN3O3. The molecule has 0 aliphatic rings. The first-order valence-corrected chi connectivity index (χ1v) is 9.23. The molecule has 0 spiro atoms. The number of ether oxygens (including phenoxy) is 1. The maximum absolute atomic E-state index is 13.0. The molecule has 30 heavy (non-hydrogen) atoms. The van der Waals surface area contributed by atoms with Crippen molar-refractivity contribution in [3.8, 4) is 23.0 Å². The van der Waals surface area contributed by atoms with Gasteiger partial charge in [0.2, 0.25) is 5.89 Å². The summed E-state index contributed by atoms with van der Waals surface area (Å²) in [6.07, 6.45) is 0. The SMILES string of the molecule is Cc1cc(C)cc(Oc2ccc(C(=O)Nc3nnc(-c4ccc(F)cc4)o3)cc2)c1. The molecule has 0 saturated carbocycles. The van der Waals surface area contributed by atoms with Crippen molar-refractivity contribution in [3.63, 3.8) is 0 Å². The number of hydrogen-bond acceptors (Lipinski definition) is 5. The van der Waals surface area contributed by atoms with Gasteiger partial charge < -0.3 is 9.15 Å². The van der Waals surface area contributed by atoms with Crippen LogP contribution < -0.4 is 10.1 Å². The summed E-state index contributed by atoms with van der Waals surface area (Å²) in [7, 11) is 0. The molecular weight excluding hydrogens is 385 g/mol. The minimum atomic E-state index is -0.401. The molecule has 6 nitrogen and oxygen atoms in total. The predicted molar refractivity (Wildman–Crippen MR) is 110 cm³/mol. The van der Waals surface area contributed by atoms with Gasteiger partial charge in [-0.2, -0.15) is 0 Å². The molecule has 4 aromatic rings. The Balaban J connectivity index is 1.42. The van der Waals surface area contributed by atoms with E-state index in [1.54, 1.807) is 24.3 Å². The molecule has 1 aromatic heterocycles. The van der Waals surface area contributed by atoms with Gasteiger partial charge in [-0.3, -0.25) is 10.1 Å². The van der Waals surface area contributed by atoms with Crippen LogP contribution in [0.2, 0.25) is 0 Å². The first-order valence-electron chi connectivity index (χ1n) is 9.23. The summed E-state index contributed by atoms with van der Waals surface area (Å²) in [5, 5.41) is 10.2. The Morgan fingerprint density at radius 1 is 0.900 bits per heavy atom. The van der Waals surface area contributed by atoms with Crippen molar-refractivity contribution >= 4 is 11.9 Å². The van der Waals surface area contributed by atoms with Crippen LogP contribution >= 0.6 is 0 Å². The van der Waals surface area contributed by atoms with Crippen LogP contribution in [0.1, 0.15) is 21.5 Å². The second-order valence-corrected chi connectivity index (χ2v) is 6.82. The van der Waals surface area contributed by atoms with E-state index >= 15 is 0 Å². The third-order valence-electron chi connectivity index (χ3n) is 4.28.